The van der Waals surface area contributed by atoms with Gasteiger partial charge in [-0.15, -0.1) is 0 Å². The van der Waals surface area contributed by atoms with Gasteiger partial charge in [-0.3, -0.25) is 9.59 Å². The number of carbonyl (C=O) groups is 2. The van der Waals surface area contributed by atoms with E-state index in [-0.39, 0.29) is 11.9 Å². The van der Waals surface area contributed by atoms with E-state index in [4.69, 9.17) is 0 Å². The van der Waals surface area contributed by atoms with Gasteiger partial charge in [0.15, 0.2) is 0 Å². The van der Waals surface area contributed by atoms with Gasteiger partial charge < -0.3 is 14.6 Å². The number of aromatic nitrogens is 1. The van der Waals surface area contributed by atoms with Crippen LogP contribution in [0, 0.1) is 0 Å². The minimum absolute atomic E-state index is 0.0459. The highest BCUT2D eigenvalue weighted by molar-refractivity contribution is 5.88. The molecule has 2 aromatic rings. The zero-order valence-corrected chi connectivity index (χ0v) is 12.4. The standard InChI is InChI=1S/C16H20N2O3/c1-18(9-5-8-16(20)21-2)15(19)10-12-11-17-14-7-4-3-6-13(12)14/h3-4,6-7,11,17H,5,8-10H2,1-2H3. The first-order valence-corrected chi connectivity index (χ1v) is 6.97. The number of aromatic amines is 1. The molecule has 0 radical (unpaired) electrons. The summed E-state index contributed by atoms with van der Waals surface area (Å²) in [5, 5.41) is 1.08. The van der Waals surface area contributed by atoms with Crippen LogP contribution in [0.4, 0.5) is 0 Å². The highest BCUT2D eigenvalue weighted by atomic mass is 16.5. The molecule has 0 spiro atoms. The summed E-state index contributed by atoms with van der Waals surface area (Å²) in [6, 6.07) is 7.92. The Kier molecular flexibility index (Phi) is 4.98. The van der Waals surface area contributed by atoms with Gasteiger partial charge in [0.1, 0.15) is 0 Å². The maximum Gasteiger partial charge on any atom is 0.305 e. The molecule has 1 aromatic carbocycles. The molecule has 0 aliphatic heterocycles. The normalized spacial score (nSPS) is 10.6. The summed E-state index contributed by atoms with van der Waals surface area (Å²) in [6.45, 7) is 0.552. The fourth-order valence-corrected chi connectivity index (χ4v) is 2.26. The van der Waals surface area contributed by atoms with Crippen molar-refractivity contribution in [2.45, 2.75) is 19.3 Å². The number of likely N-dealkylation sites (N-methyl/N-ethyl adjacent to an activating group) is 1. The molecular formula is C16H20N2O3. The first kappa shape index (κ1) is 15.1. The van der Waals surface area contributed by atoms with E-state index in [1.807, 2.05) is 30.5 Å². The lowest BCUT2D eigenvalue weighted by molar-refractivity contribution is -0.141. The molecule has 5 nitrogen and oxygen atoms in total. The molecule has 1 heterocycles. The number of amides is 1. The summed E-state index contributed by atoms with van der Waals surface area (Å²) >= 11 is 0. The minimum atomic E-state index is -0.243. The van der Waals surface area contributed by atoms with Crippen LogP contribution in [0.25, 0.3) is 10.9 Å². The number of hydrogen-bond donors (Lipinski definition) is 1. The molecule has 0 saturated heterocycles. The molecule has 2 rings (SSSR count). The monoisotopic (exact) mass is 288 g/mol. The Labute approximate surface area is 123 Å². The third-order valence-electron chi connectivity index (χ3n) is 3.54. The van der Waals surface area contributed by atoms with E-state index in [0.717, 1.165) is 16.5 Å². The summed E-state index contributed by atoms with van der Waals surface area (Å²) < 4.78 is 4.58. The lowest BCUT2D eigenvalue weighted by atomic mass is 10.1. The van der Waals surface area contributed by atoms with Gasteiger partial charge in [0.05, 0.1) is 13.5 Å². The van der Waals surface area contributed by atoms with Crippen LogP contribution in [0.5, 0.6) is 0 Å². The molecular weight excluding hydrogens is 268 g/mol. The molecule has 5 heteroatoms. The molecule has 1 N–H and O–H groups in total. The Morgan fingerprint density at radius 3 is 2.81 bits per heavy atom. The Hall–Kier alpha value is -2.30. The van der Waals surface area contributed by atoms with Crippen molar-refractivity contribution in [3.8, 4) is 0 Å². The Morgan fingerprint density at radius 2 is 2.05 bits per heavy atom. The smallest absolute Gasteiger partial charge is 0.305 e. The Morgan fingerprint density at radius 1 is 1.29 bits per heavy atom. The SMILES string of the molecule is COC(=O)CCCN(C)C(=O)Cc1c[nH]c2ccccc12. The summed E-state index contributed by atoms with van der Waals surface area (Å²) in [5.41, 5.74) is 2.03. The van der Waals surface area contributed by atoms with Crippen LogP contribution >= 0.6 is 0 Å². The molecule has 0 aliphatic carbocycles. The van der Waals surface area contributed by atoms with Gasteiger partial charge in [-0.25, -0.2) is 0 Å². The quantitative estimate of drug-likeness (QED) is 0.828. The summed E-state index contributed by atoms with van der Waals surface area (Å²) in [7, 11) is 3.13. The number of rotatable bonds is 6. The Balaban J connectivity index is 1.90. The largest absolute Gasteiger partial charge is 0.469 e. The summed E-state index contributed by atoms with van der Waals surface area (Å²) in [6.07, 6.45) is 3.19. The van der Waals surface area contributed by atoms with E-state index < -0.39 is 0 Å². The molecule has 1 amide bonds. The van der Waals surface area contributed by atoms with Crippen LogP contribution in [0.3, 0.4) is 0 Å². The van der Waals surface area contributed by atoms with Crippen LogP contribution in [0.15, 0.2) is 30.5 Å². The average Bonchev–Trinajstić information content (AvgIpc) is 2.90. The molecule has 0 unspecified atom stereocenters. The van der Waals surface area contributed by atoms with Gasteiger partial charge in [0.25, 0.3) is 0 Å². The number of benzene rings is 1. The van der Waals surface area contributed by atoms with Crippen molar-refractivity contribution in [1.82, 2.24) is 9.88 Å². The second kappa shape index (κ2) is 6.92. The van der Waals surface area contributed by atoms with E-state index in [0.29, 0.717) is 25.8 Å². The topological polar surface area (TPSA) is 62.4 Å². The number of H-pyrrole nitrogens is 1. The lowest BCUT2D eigenvalue weighted by Crippen LogP contribution is -2.29. The second-order valence-electron chi connectivity index (χ2n) is 5.03. The zero-order valence-electron chi connectivity index (χ0n) is 12.4. The van der Waals surface area contributed by atoms with E-state index in [2.05, 4.69) is 9.72 Å². The van der Waals surface area contributed by atoms with Crippen molar-refractivity contribution in [3.63, 3.8) is 0 Å². The van der Waals surface area contributed by atoms with Gasteiger partial charge in [-0.05, 0) is 18.1 Å². The highest BCUT2D eigenvalue weighted by Crippen LogP contribution is 2.18. The van der Waals surface area contributed by atoms with Gasteiger partial charge >= 0.3 is 5.97 Å². The van der Waals surface area contributed by atoms with Crippen molar-refractivity contribution in [2.24, 2.45) is 0 Å². The van der Waals surface area contributed by atoms with Crippen molar-refractivity contribution < 1.29 is 14.3 Å². The first-order valence-electron chi connectivity index (χ1n) is 6.97. The maximum atomic E-state index is 12.2. The van der Waals surface area contributed by atoms with Gasteiger partial charge in [-0.1, -0.05) is 18.2 Å². The fraction of sp³-hybridized carbons (Fsp3) is 0.375. The predicted octanol–water partition coefficient (Wildman–Crippen LogP) is 2.12. The summed E-state index contributed by atoms with van der Waals surface area (Å²) in [4.78, 5) is 28.1. The predicted molar refractivity (Wildman–Crippen MR) is 80.9 cm³/mol. The molecule has 0 atom stereocenters. The summed E-state index contributed by atoms with van der Waals surface area (Å²) in [5.74, 6) is -0.197. The molecule has 0 fully saturated rings. The average molecular weight is 288 g/mol. The van der Waals surface area contributed by atoms with Gasteiger partial charge in [0.2, 0.25) is 5.91 Å². The zero-order chi connectivity index (χ0) is 15.2. The van der Waals surface area contributed by atoms with Crippen molar-refractivity contribution >= 4 is 22.8 Å². The number of esters is 1. The minimum Gasteiger partial charge on any atom is -0.469 e. The highest BCUT2D eigenvalue weighted by Gasteiger charge is 2.13. The van der Waals surface area contributed by atoms with E-state index >= 15 is 0 Å². The molecule has 21 heavy (non-hydrogen) atoms. The van der Waals surface area contributed by atoms with E-state index in [1.54, 1.807) is 11.9 Å². The fourth-order valence-electron chi connectivity index (χ4n) is 2.26. The molecule has 112 valence electrons. The van der Waals surface area contributed by atoms with Crippen LogP contribution in [0.2, 0.25) is 0 Å². The number of ether oxygens (including phenoxy) is 1. The molecule has 0 saturated carbocycles. The van der Waals surface area contributed by atoms with Gasteiger partial charge in [-0.2, -0.15) is 0 Å². The molecule has 0 bridgehead atoms. The number of carbonyl (C=O) groups excluding carboxylic acids is 2. The molecule has 0 aliphatic rings. The lowest BCUT2D eigenvalue weighted by Gasteiger charge is -2.16. The van der Waals surface area contributed by atoms with Crippen LogP contribution in [-0.4, -0.2) is 42.5 Å². The first-order chi connectivity index (χ1) is 10.1. The molecule has 1 aromatic heterocycles. The number of methoxy groups -OCH3 is 1. The number of para-hydroxylation sites is 1. The number of fused-ring (bicyclic) bond motifs is 1. The van der Waals surface area contributed by atoms with Crippen LogP contribution in [0.1, 0.15) is 18.4 Å². The van der Waals surface area contributed by atoms with Gasteiger partial charge in [0, 0.05) is 37.1 Å². The van der Waals surface area contributed by atoms with Crippen molar-refractivity contribution in [2.75, 3.05) is 20.7 Å². The van der Waals surface area contributed by atoms with Crippen molar-refractivity contribution in [1.29, 1.82) is 0 Å². The third-order valence-corrected chi connectivity index (χ3v) is 3.54. The third kappa shape index (κ3) is 3.84. The van der Waals surface area contributed by atoms with E-state index in [1.165, 1.54) is 7.11 Å². The number of hydrogen-bond acceptors (Lipinski definition) is 3. The second-order valence-corrected chi connectivity index (χ2v) is 5.03. The van der Waals surface area contributed by atoms with Crippen molar-refractivity contribution in [3.05, 3.63) is 36.0 Å². The Bertz CT molecular complexity index is 633. The van der Waals surface area contributed by atoms with E-state index in [9.17, 15) is 9.59 Å². The number of nitrogens with one attached hydrogen (secondary N) is 1. The maximum absolute atomic E-state index is 12.2. The number of nitrogens with zero attached hydrogens (tertiary/aromatic N) is 1. The van der Waals surface area contributed by atoms with Crippen LogP contribution < -0.4 is 0 Å². The van der Waals surface area contributed by atoms with Crippen LogP contribution in [-0.2, 0) is 20.7 Å².